The molecule has 3 aromatic rings. The summed E-state index contributed by atoms with van der Waals surface area (Å²) in [7, 11) is 1.67. The zero-order valence-corrected chi connectivity index (χ0v) is 12.9. The maximum absolute atomic E-state index is 11.0. The van der Waals surface area contributed by atoms with E-state index in [0.29, 0.717) is 11.5 Å². The summed E-state index contributed by atoms with van der Waals surface area (Å²) in [6.45, 7) is 0. The largest absolute Gasteiger partial charge is 0.497 e. The van der Waals surface area contributed by atoms with Crippen LogP contribution in [0.25, 0.3) is 11.5 Å². The van der Waals surface area contributed by atoms with Crippen molar-refractivity contribution in [2.75, 3.05) is 12.4 Å². The number of anilines is 1. The van der Waals surface area contributed by atoms with Crippen LogP contribution in [0, 0.1) is 0 Å². The number of rotatable bonds is 4. The molecule has 2 N–H and O–H groups in total. The molecule has 8 heteroatoms. The molecule has 1 unspecified atom stereocenters. The fourth-order valence-electron chi connectivity index (χ4n) is 2.87. The number of nitrogens with one attached hydrogen (secondary N) is 2. The fraction of sp³-hybridized carbons (Fsp3) is 0.250. The predicted molar refractivity (Wildman–Crippen MR) is 86.0 cm³/mol. The maximum Gasteiger partial charge on any atom is 0.434 e. The van der Waals surface area contributed by atoms with Crippen LogP contribution >= 0.6 is 0 Å². The van der Waals surface area contributed by atoms with Crippen molar-refractivity contribution in [2.24, 2.45) is 0 Å². The Labute approximate surface area is 136 Å². The monoisotopic (exact) mass is 325 g/mol. The van der Waals surface area contributed by atoms with Crippen molar-refractivity contribution in [1.82, 2.24) is 20.2 Å². The first-order valence-electron chi connectivity index (χ1n) is 7.51. The van der Waals surface area contributed by atoms with Crippen molar-refractivity contribution in [2.45, 2.75) is 18.9 Å². The molecule has 0 aliphatic heterocycles. The van der Waals surface area contributed by atoms with Gasteiger partial charge in [0.25, 0.3) is 5.89 Å². The molecule has 0 spiro atoms. The average Bonchev–Trinajstić information content (AvgIpc) is 3.20. The molecule has 1 atom stereocenters. The van der Waals surface area contributed by atoms with Crippen LogP contribution in [-0.2, 0) is 12.8 Å². The molecule has 122 valence electrons. The summed E-state index contributed by atoms with van der Waals surface area (Å²) in [5.41, 5.74) is 3.13. The molecule has 0 amide bonds. The molecule has 0 radical (unpaired) electrons. The smallest absolute Gasteiger partial charge is 0.434 e. The third kappa shape index (κ3) is 2.73. The van der Waals surface area contributed by atoms with Crippen LogP contribution < -0.4 is 15.8 Å². The van der Waals surface area contributed by atoms with Gasteiger partial charge in [-0.1, -0.05) is 6.07 Å². The number of H-pyrrole nitrogens is 1. The van der Waals surface area contributed by atoms with Gasteiger partial charge in [-0.05, 0) is 36.1 Å². The van der Waals surface area contributed by atoms with E-state index in [9.17, 15) is 4.79 Å². The SMILES string of the molecule is COc1ccc2c(c1)CC(Nc1ncc(-c3n[nH]c(=O)o3)cn1)C2. The maximum atomic E-state index is 11.0. The summed E-state index contributed by atoms with van der Waals surface area (Å²) in [6.07, 6.45) is 4.95. The molecule has 1 aliphatic rings. The first-order chi connectivity index (χ1) is 11.7. The Morgan fingerprint density at radius 1 is 1.25 bits per heavy atom. The van der Waals surface area contributed by atoms with Crippen molar-refractivity contribution >= 4 is 5.95 Å². The summed E-state index contributed by atoms with van der Waals surface area (Å²) in [5.74, 6) is 0.968. The van der Waals surface area contributed by atoms with E-state index in [4.69, 9.17) is 9.15 Å². The zero-order chi connectivity index (χ0) is 16.5. The van der Waals surface area contributed by atoms with Gasteiger partial charge in [0.1, 0.15) is 5.75 Å². The van der Waals surface area contributed by atoms with Crippen LogP contribution in [0.4, 0.5) is 5.95 Å². The number of aromatic amines is 1. The van der Waals surface area contributed by atoms with Crippen molar-refractivity contribution in [3.8, 4) is 17.2 Å². The number of methoxy groups -OCH3 is 1. The van der Waals surface area contributed by atoms with E-state index >= 15 is 0 Å². The summed E-state index contributed by atoms with van der Waals surface area (Å²) < 4.78 is 10.1. The van der Waals surface area contributed by atoms with E-state index < -0.39 is 5.76 Å². The molecule has 24 heavy (non-hydrogen) atoms. The van der Waals surface area contributed by atoms with Gasteiger partial charge in [-0.15, -0.1) is 5.10 Å². The third-order valence-electron chi connectivity index (χ3n) is 4.02. The second-order valence-corrected chi connectivity index (χ2v) is 5.60. The number of fused-ring (bicyclic) bond motifs is 1. The third-order valence-corrected chi connectivity index (χ3v) is 4.02. The Morgan fingerprint density at radius 3 is 2.75 bits per heavy atom. The van der Waals surface area contributed by atoms with Crippen molar-refractivity contribution < 1.29 is 9.15 Å². The minimum atomic E-state index is -0.605. The van der Waals surface area contributed by atoms with Gasteiger partial charge in [0.15, 0.2) is 0 Å². The second kappa shape index (κ2) is 5.80. The number of nitrogens with zero attached hydrogens (tertiary/aromatic N) is 3. The highest BCUT2D eigenvalue weighted by Crippen LogP contribution is 2.27. The van der Waals surface area contributed by atoms with Gasteiger partial charge in [0, 0.05) is 18.4 Å². The molecule has 1 aromatic carbocycles. The molecular formula is C16H15N5O3. The summed E-state index contributed by atoms with van der Waals surface area (Å²) >= 11 is 0. The van der Waals surface area contributed by atoms with Crippen LogP contribution in [0.3, 0.4) is 0 Å². The quantitative estimate of drug-likeness (QED) is 0.747. The normalized spacial score (nSPS) is 16.0. The molecular weight excluding hydrogens is 310 g/mol. The van der Waals surface area contributed by atoms with Crippen LogP contribution in [0.2, 0.25) is 0 Å². The second-order valence-electron chi connectivity index (χ2n) is 5.60. The molecule has 4 rings (SSSR count). The van der Waals surface area contributed by atoms with E-state index in [0.717, 1.165) is 18.6 Å². The highest BCUT2D eigenvalue weighted by atomic mass is 16.5. The van der Waals surface area contributed by atoms with E-state index in [1.165, 1.54) is 11.1 Å². The van der Waals surface area contributed by atoms with E-state index in [1.807, 2.05) is 6.07 Å². The standard InChI is InChI=1S/C16H15N5O3/c1-23-13-3-2-9-4-12(5-10(9)6-13)19-15-17-7-11(8-18-15)14-20-21-16(22)24-14/h2-3,6-8,12H,4-5H2,1H3,(H,21,22)(H,17,18,19). The highest BCUT2D eigenvalue weighted by Gasteiger charge is 2.22. The van der Waals surface area contributed by atoms with Crippen LogP contribution in [0.5, 0.6) is 5.75 Å². The minimum Gasteiger partial charge on any atom is -0.497 e. The lowest BCUT2D eigenvalue weighted by molar-refractivity contribution is 0.414. The van der Waals surface area contributed by atoms with Gasteiger partial charge >= 0.3 is 5.76 Å². The van der Waals surface area contributed by atoms with Gasteiger partial charge in [0.05, 0.1) is 12.7 Å². The predicted octanol–water partition coefficient (Wildman–Crippen LogP) is 1.41. The minimum absolute atomic E-state index is 0.173. The fourth-order valence-corrected chi connectivity index (χ4v) is 2.87. The topological polar surface area (TPSA) is 106 Å². The summed E-state index contributed by atoms with van der Waals surface area (Å²) in [6, 6.07) is 6.38. The van der Waals surface area contributed by atoms with Gasteiger partial charge in [-0.25, -0.2) is 19.9 Å². The number of aromatic nitrogens is 4. The number of benzene rings is 1. The van der Waals surface area contributed by atoms with Crippen molar-refractivity contribution in [3.05, 3.63) is 52.3 Å². The van der Waals surface area contributed by atoms with Crippen LogP contribution in [-0.4, -0.2) is 33.3 Å². The molecule has 0 fully saturated rings. The Kier molecular flexibility index (Phi) is 3.49. The molecule has 0 bridgehead atoms. The van der Waals surface area contributed by atoms with Gasteiger partial charge in [-0.3, -0.25) is 0 Å². The molecule has 0 saturated carbocycles. The Balaban J connectivity index is 1.46. The number of ether oxygens (including phenoxy) is 1. The lowest BCUT2D eigenvalue weighted by Crippen LogP contribution is -2.20. The number of hydrogen-bond donors (Lipinski definition) is 2. The molecule has 2 heterocycles. The lowest BCUT2D eigenvalue weighted by atomic mass is 10.1. The molecule has 0 saturated heterocycles. The van der Waals surface area contributed by atoms with Crippen LogP contribution in [0.15, 0.2) is 39.8 Å². The van der Waals surface area contributed by atoms with Crippen molar-refractivity contribution in [1.29, 1.82) is 0 Å². The Bertz CT molecular complexity index is 916. The lowest BCUT2D eigenvalue weighted by Gasteiger charge is -2.11. The Morgan fingerprint density at radius 2 is 2.04 bits per heavy atom. The van der Waals surface area contributed by atoms with Gasteiger partial charge < -0.3 is 14.5 Å². The van der Waals surface area contributed by atoms with E-state index in [1.54, 1.807) is 19.5 Å². The summed E-state index contributed by atoms with van der Waals surface area (Å²) in [5, 5.41) is 9.28. The number of hydrogen-bond acceptors (Lipinski definition) is 7. The first-order valence-corrected chi connectivity index (χ1v) is 7.51. The highest BCUT2D eigenvalue weighted by molar-refractivity contribution is 5.50. The summed E-state index contributed by atoms with van der Waals surface area (Å²) in [4.78, 5) is 19.5. The van der Waals surface area contributed by atoms with Gasteiger partial charge in [0.2, 0.25) is 5.95 Å². The average molecular weight is 325 g/mol. The molecule has 2 aromatic heterocycles. The molecule has 8 nitrogen and oxygen atoms in total. The van der Waals surface area contributed by atoms with E-state index in [2.05, 4.69) is 37.6 Å². The van der Waals surface area contributed by atoms with Crippen molar-refractivity contribution in [3.63, 3.8) is 0 Å². The first kappa shape index (κ1) is 14.4. The van der Waals surface area contributed by atoms with Crippen LogP contribution in [0.1, 0.15) is 11.1 Å². The van der Waals surface area contributed by atoms with E-state index in [-0.39, 0.29) is 11.9 Å². The zero-order valence-electron chi connectivity index (χ0n) is 12.9. The Hall–Kier alpha value is -3.16. The molecule has 1 aliphatic carbocycles. The van der Waals surface area contributed by atoms with Gasteiger partial charge in [-0.2, -0.15) is 0 Å².